The van der Waals surface area contributed by atoms with Crippen molar-refractivity contribution >= 4 is 33.4 Å². The number of aryl methyl sites for hydroxylation is 1. The van der Waals surface area contributed by atoms with Crippen LogP contribution < -0.4 is 10.2 Å². The summed E-state index contributed by atoms with van der Waals surface area (Å²) in [7, 11) is 1.70. The maximum Gasteiger partial charge on any atom is 0.255 e. The average molecular weight is 703 g/mol. The molecule has 0 spiro atoms. The number of methoxy groups -OCH3 is 1. The van der Waals surface area contributed by atoms with Gasteiger partial charge in [-0.2, -0.15) is 0 Å². The number of nitrogens with zero attached hydrogens (tertiary/aromatic N) is 3. The van der Waals surface area contributed by atoms with E-state index < -0.39 is 0 Å². The number of carbonyl (C=O) groups excluding carboxylic acids is 1. The molecule has 250 valence electrons. The van der Waals surface area contributed by atoms with E-state index >= 15 is 0 Å². The zero-order valence-corrected chi connectivity index (χ0v) is 31.7. The summed E-state index contributed by atoms with van der Waals surface area (Å²) in [5, 5.41) is 0.523. The molecule has 3 aromatic rings. The summed E-state index contributed by atoms with van der Waals surface area (Å²) < 4.78 is 8.80. The molecule has 2 aromatic carbocycles. The lowest BCUT2D eigenvalue weighted by Gasteiger charge is -2.24. The molecule has 0 bridgehead atoms. The van der Waals surface area contributed by atoms with Gasteiger partial charge in [0, 0.05) is 29.8 Å². The zero-order valence-electron chi connectivity index (χ0n) is 29.4. The van der Waals surface area contributed by atoms with Gasteiger partial charge in [-0.05, 0) is 91.6 Å². The molecule has 45 heavy (non-hydrogen) atoms. The van der Waals surface area contributed by atoms with E-state index in [1.54, 1.807) is 7.11 Å². The normalized spacial score (nSPS) is 11.8. The van der Waals surface area contributed by atoms with E-state index in [1.807, 2.05) is 67.3 Å². The van der Waals surface area contributed by atoms with Gasteiger partial charge in [0.15, 0.2) is 0 Å². The van der Waals surface area contributed by atoms with Crippen LogP contribution in [-0.4, -0.2) is 42.1 Å². The Morgan fingerprint density at radius 2 is 1.69 bits per heavy atom. The van der Waals surface area contributed by atoms with E-state index in [4.69, 9.17) is 21.3 Å². The molecule has 0 aliphatic carbocycles. The summed E-state index contributed by atoms with van der Waals surface area (Å²) in [5.41, 5.74) is 3.74. The number of benzene rings is 2. The van der Waals surface area contributed by atoms with E-state index in [1.165, 1.54) is 0 Å². The summed E-state index contributed by atoms with van der Waals surface area (Å²) in [6.07, 6.45) is 5.78. The predicted molar refractivity (Wildman–Crippen MR) is 197 cm³/mol. The van der Waals surface area contributed by atoms with Crippen molar-refractivity contribution in [2.75, 3.05) is 26.7 Å². The topological polar surface area (TPSA) is 46.8 Å². The van der Waals surface area contributed by atoms with E-state index in [-0.39, 0.29) is 11.9 Å². The minimum absolute atomic E-state index is 0.0324. The van der Waals surface area contributed by atoms with Crippen LogP contribution in [0.3, 0.4) is 0 Å². The monoisotopic (exact) mass is 701 g/mol. The van der Waals surface area contributed by atoms with Crippen LogP contribution in [0.4, 0.5) is 0 Å². The molecule has 0 radical (unpaired) electrons. The van der Waals surface area contributed by atoms with Crippen LogP contribution in [0.2, 0.25) is 5.02 Å². The Morgan fingerprint density at radius 1 is 1.00 bits per heavy atom. The maximum absolute atomic E-state index is 13.5. The lowest BCUT2D eigenvalue weighted by molar-refractivity contribution is 0.0753. The van der Waals surface area contributed by atoms with Crippen molar-refractivity contribution in [2.45, 2.75) is 94.0 Å². The minimum atomic E-state index is -0.0324. The van der Waals surface area contributed by atoms with E-state index in [0.717, 1.165) is 58.4 Å². The number of ether oxygens (including phenoxy) is 1. The van der Waals surface area contributed by atoms with Gasteiger partial charge in [-0.25, -0.2) is 0 Å². The number of halogens is 2. The molecule has 1 heterocycles. The lowest BCUT2D eigenvalue weighted by Crippen LogP contribution is -2.35. The molecule has 3 rings (SSSR count). The van der Waals surface area contributed by atoms with Gasteiger partial charge in [-0.1, -0.05) is 101 Å². The molecular weight excluding hydrogens is 646 g/mol. The quantitative estimate of drug-likeness (QED) is 0.178. The van der Waals surface area contributed by atoms with Crippen LogP contribution in [0.5, 0.6) is 5.75 Å². The van der Waals surface area contributed by atoms with Gasteiger partial charge in [0.1, 0.15) is 11.2 Å². The number of rotatable bonds is 13. The third-order valence-electron chi connectivity index (χ3n) is 6.81. The fraction of sp³-hybridized carbons (Fsp3) is 0.526. The van der Waals surface area contributed by atoms with Crippen LogP contribution in [0.1, 0.15) is 103 Å². The first kappa shape index (κ1) is 40.5. The average Bonchev–Trinajstić information content (AvgIpc) is 3.00. The van der Waals surface area contributed by atoms with Crippen molar-refractivity contribution < 1.29 is 9.53 Å². The number of amides is 1. The van der Waals surface area contributed by atoms with Crippen molar-refractivity contribution in [3.8, 4) is 5.75 Å². The molecule has 1 amide bonds. The van der Waals surface area contributed by atoms with Crippen LogP contribution in [0, 0.1) is 11.8 Å². The fourth-order valence-corrected chi connectivity index (χ4v) is 5.33. The number of carbonyl (C=O) groups is 1. The van der Waals surface area contributed by atoms with Crippen LogP contribution in [0.25, 0.3) is 0 Å². The molecule has 0 fully saturated rings. The molecule has 1 unspecified atom stereocenters. The molecule has 7 heteroatoms. The summed E-state index contributed by atoms with van der Waals surface area (Å²) in [4.78, 5) is 20.4. The Kier molecular flexibility index (Phi) is 19.8. The smallest absolute Gasteiger partial charge is 0.255 e. The van der Waals surface area contributed by atoms with E-state index in [9.17, 15) is 4.79 Å². The first-order valence-electron chi connectivity index (χ1n) is 16.5. The number of hydrogen-bond acceptors (Lipinski definition) is 3. The molecule has 0 aliphatic rings. The summed E-state index contributed by atoms with van der Waals surface area (Å²) >= 11 is 10.1. The van der Waals surface area contributed by atoms with Gasteiger partial charge in [-0.3, -0.25) is 9.79 Å². The van der Waals surface area contributed by atoms with Crippen LogP contribution in [-0.2, 0) is 12.8 Å². The highest BCUT2D eigenvalue weighted by molar-refractivity contribution is 9.10. The molecule has 5 nitrogen and oxygen atoms in total. The third-order valence-corrected chi connectivity index (χ3v) is 7.62. The molecule has 1 aromatic heterocycles. The summed E-state index contributed by atoms with van der Waals surface area (Å²) in [5.74, 6) is 2.17. The highest BCUT2D eigenvalue weighted by Crippen LogP contribution is 2.26. The zero-order chi connectivity index (χ0) is 33.9. The van der Waals surface area contributed by atoms with Crippen molar-refractivity contribution in [2.24, 2.45) is 16.8 Å². The molecule has 0 saturated carbocycles. The summed E-state index contributed by atoms with van der Waals surface area (Å²) in [6, 6.07) is 18.1. The molecule has 0 aliphatic heterocycles. The van der Waals surface area contributed by atoms with Crippen LogP contribution in [0.15, 0.2) is 70.3 Å². The maximum atomic E-state index is 13.5. The van der Waals surface area contributed by atoms with Gasteiger partial charge in [0.2, 0.25) is 0 Å². The SMILES string of the molecule is CC.CC(C)C.CCCc1ccc(C(=O)N(CCN=c2ccccn2C(C)Cc2cc(Br)ccc2OC)CCC(C)C)c(Cl)c1. The highest BCUT2D eigenvalue weighted by atomic mass is 79.9. The number of aromatic nitrogens is 1. The molecule has 0 saturated heterocycles. The highest BCUT2D eigenvalue weighted by Gasteiger charge is 2.19. The Morgan fingerprint density at radius 3 is 2.29 bits per heavy atom. The second-order valence-electron chi connectivity index (χ2n) is 12.1. The van der Waals surface area contributed by atoms with Crippen molar-refractivity contribution in [1.82, 2.24) is 9.47 Å². The summed E-state index contributed by atoms with van der Waals surface area (Å²) in [6.45, 7) is 20.9. The van der Waals surface area contributed by atoms with Crippen molar-refractivity contribution in [1.29, 1.82) is 0 Å². The van der Waals surface area contributed by atoms with Crippen molar-refractivity contribution in [3.63, 3.8) is 0 Å². The minimum Gasteiger partial charge on any atom is -0.496 e. The largest absolute Gasteiger partial charge is 0.496 e. The van der Waals surface area contributed by atoms with Crippen molar-refractivity contribution in [3.05, 3.63) is 92.5 Å². The van der Waals surface area contributed by atoms with E-state index in [0.29, 0.717) is 36.1 Å². The standard InChI is InChI=1S/C32H41BrClN3O2.C4H10.C2H6/c1-6-9-25-11-13-28(29(34)21-25)32(38)36(18-15-23(2)3)19-16-35-31-10-7-8-17-37(31)24(4)20-26-22-27(33)12-14-30(26)39-5;1-4(2)3;1-2/h7-8,10-14,17,21-24H,6,9,15-16,18-20H2,1-5H3;4H,1-3H3;1-2H3. The Balaban J connectivity index is 0.00000156. The second-order valence-corrected chi connectivity index (χ2v) is 13.5. The third kappa shape index (κ3) is 14.6. The Hall–Kier alpha value is -2.57. The van der Waals surface area contributed by atoms with Gasteiger partial charge in [-0.15, -0.1) is 0 Å². The van der Waals surface area contributed by atoms with Crippen LogP contribution >= 0.6 is 27.5 Å². The van der Waals surface area contributed by atoms with Gasteiger partial charge < -0.3 is 14.2 Å². The van der Waals surface area contributed by atoms with Gasteiger partial charge in [0.05, 0.1) is 24.2 Å². The fourth-order valence-electron chi connectivity index (χ4n) is 4.64. The molecular formula is C38H57BrClN3O2. The second kappa shape index (κ2) is 22.0. The number of hydrogen-bond donors (Lipinski definition) is 0. The van der Waals surface area contributed by atoms with Gasteiger partial charge in [0.25, 0.3) is 5.91 Å². The predicted octanol–water partition coefficient (Wildman–Crippen LogP) is 10.4. The van der Waals surface area contributed by atoms with Gasteiger partial charge >= 0.3 is 0 Å². The van der Waals surface area contributed by atoms with E-state index in [2.05, 4.69) is 81.2 Å². The first-order chi connectivity index (χ1) is 21.5. The molecule has 0 N–H and O–H groups in total. The number of pyridine rings is 1. The first-order valence-corrected chi connectivity index (χ1v) is 17.7. The molecule has 1 atom stereocenters. The Bertz CT molecular complexity index is 1350. The Labute approximate surface area is 287 Å². The lowest BCUT2D eigenvalue weighted by atomic mass is 10.1.